The number of hydrogen-bond acceptors (Lipinski definition) is 4. The number of carbonyl (C=O) groups is 1. The Bertz CT molecular complexity index is 1030. The number of rotatable bonds is 6. The number of anilines is 2. The van der Waals surface area contributed by atoms with Crippen molar-refractivity contribution in [2.75, 3.05) is 10.6 Å². The highest BCUT2D eigenvalue weighted by Crippen LogP contribution is 2.22. The van der Waals surface area contributed by atoms with Crippen LogP contribution in [0.2, 0.25) is 0 Å². The molecule has 3 aromatic carbocycles. The zero-order valence-electron chi connectivity index (χ0n) is 14.7. The van der Waals surface area contributed by atoms with Crippen LogP contribution < -0.4 is 15.4 Å². The summed E-state index contributed by atoms with van der Waals surface area (Å²) in [5, 5.41) is 14.4. The largest absolute Gasteiger partial charge is 0.457 e. The Hall–Kier alpha value is -4.11. The van der Waals surface area contributed by atoms with E-state index in [0.717, 1.165) is 0 Å². The zero-order chi connectivity index (χ0) is 19.8. The minimum absolute atomic E-state index is 0.172. The minimum Gasteiger partial charge on any atom is -0.457 e. The van der Waals surface area contributed by atoms with Crippen LogP contribution in [0.15, 0.2) is 90.6 Å². The average Bonchev–Trinajstić information content (AvgIpc) is 2.72. The SMILES string of the molecule is N#C/C(=C/Nc1ccccc1F)C(=O)Nc1ccc(Oc2ccccc2)cc1. The molecule has 3 rings (SSSR count). The lowest BCUT2D eigenvalue weighted by atomic mass is 10.2. The molecule has 5 nitrogen and oxygen atoms in total. The Morgan fingerprint density at radius 2 is 1.57 bits per heavy atom. The molecular weight excluding hydrogens is 357 g/mol. The van der Waals surface area contributed by atoms with E-state index < -0.39 is 11.7 Å². The summed E-state index contributed by atoms with van der Waals surface area (Å²) in [6.45, 7) is 0. The van der Waals surface area contributed by atoms with E-state index in [0.29, 0.717) is 17.2 Å². The molecule has 0 atom stereocenters. The number of ether oxygens (including phenoxy) is 1. The lowest BCUT2D eigenvalue weighted by Crippen LogP contribution is -2.14. The van der Waals surface area contributed by atoms with E-state index in [4.69, 9.17) is 4.74 Å². The average molecular weight is 373 g/mol. The molecule has 0 saturated heterocycles. The monoisotopic (exact) mass is 373 g/mol. The third-order valence-corrected chi connectivity index (χ3v) is 3.70. The van der Waals surface area contributed by atoms with Gasteiger partial charge in [-0.25, -0.2) is 4.39 Å². The maximum Gasteiger partial charge on any atom is 0.267 e. The van der Waals surface area contributed by atoms with Gasteiger partial charge in [-0.1, -0.05) is 30.3 Å². The van der Waals surface area contributed by atoms with E-state index in [1.54, 1.807) is 42.5 Å². The quantitative estimate of drug-likeness (QED) is 0.467. The number of amides is 1. The maximum absolute atomic E-state index is 13.6. The van der Waals surface area contributed by atoms with Crippen LogP contribution in [0.1, 0.15) is 0 Å². The molecule has 0 heterocycles. The third kappa shape index (κ3) is 4.96. The lowest BCUT2D eigenvalue weighted by Gasteiger charge is -2.08. The summed E-state index contributed by atoms with van der Waals surface area (Å²) in [6.07, 6.45) is 1.17. The van der Waals surface area contributed by atoms with Crippen LogP contribution in [-0.2, 0) is 4.79 Å². The molecule has 0 aliphatic carbocycles. The molecule has 0 unspecified atom stereocenters. The first kappa shape index (κ1) is 18.7. The summed E-state index contributed by atoms with van der Waals surface area (Å²) in [7, 11) is 0. The van der Waals surface area contributed by atoms with Gasteiger partial charge in [0.05, 0.1) is 5.69 Å². The number of benzene rings is 3. The van der Waals surface area contributed by atoms with Crippen molar-refractivity contribution < 1.29 is 13.9 Å². The van der Waals surface area contributed by atoms with Gasteiger partial charge in [0.15, 0.2) is 0 Å². The maximum atomic E-state index is 13.6. The highest BCUT2D eigenvalue weighted by Gasteiger charge is 2.10. The van der Waals surface area contributed by atoms with E-state index in [1.165, 1.54) is 18.3 Å². The normalized spacial score (nSPS) is 10.6. The van der Waals surface area contributed by atoms with Gasteiger partial charge in [0.2, 0.25) is 0 Å². The predicted octanol–water partition coefficient (Wildman–Crippen LogP) is 5.08. The third-order valence-electron chi connectivity index (χ3n) is 3.70. The Kier molecular flexibility index (Phi) is 6.01. The molecule has 0 fully saturated rings. The predicted molar refractivity (Wildman–Crippen MR) is 105 cm³/mol. The number of nitrogens with one attached hydrogen (secondary N) is 2. The number of nitrogens with zero attached hydrogens (tertiary/aromatic N) is 1. The number of nitriles is 1. The van der Waals surface area contributed by atoms with E-state index in [1.807, 2.05) is 30.3 Å². The van der Waals surface area contributed by atoms with E-state index in [9.17, 15) is 14.4 Å². The number of para-hydroxylation sites is 2. The van der Waals surface area contributed by atoms with Gasteiger partial charge in [-0.2, -0.15) is 5.26 Å². The first-order chi connectivity index (χ1) is 13.7. The van der Waals surface area contributed by atoms with Crippen molar-refractivity contribution in [2.24, 2.45) is 0 Å². The Morgan fingerprint density at radius 1 is 0.929 bits per heavy atom. The molecule has 0 spiro atoms. The number of carbonyl (C=O) groups excluding carboxylic acids is 1. The van der Waals surface area contributed by atoms with Crippen molar-refractivity contribution in [3.8, 4) is 17.6 Å². The molecule has 28 heavy (non-hydrogen) atoms. The molecule has 0 aromatic heterocycles. The van der Waals surface area contributed by atoms with Crippen LogP contribution in [0, 0.1) is 17.1 Å². The first-order valence-corrected chi connectivity index (χ1v) is 8.41. The van der Waals surface area contributed by atoms with Crippen molar-refractivity contribution in [2.45, 2.75) is 0 Å². The summed E-state index contributed by atoms with van der Waals surface area (Å²) in [5.74, 6) is 0.225. The van der Waals surface area contributed by atoms with Crippen LogP contribution in [0.3, 0.4) is 0 Å². The fourth-order valence-electron chi connectivity index (χ4n) is 2.31. The van der Waals surface area contributed by atoms with Crippen molar-refractivity contribution >= 4 is 17.3 Å². The van der Waals surface area contributed by atoms with Crippen LogP contribution in [0.25, 0.3) is 0 Å². The molecule has 0 aliphatic rings. The molecule has 0 saturated carbocycles. The van der Waals surface area contributed by atoms with Gasteiger partial charge >= 0.3 is 0 Å². The van der Waals surface area contributed by atoms with Crippen LogP contribution in [0.4, 0.5) is 15.8 Å². The Balaban J connectivity index is 1.63. The Labute approximate surface area is 161 Å². The molecule has 0 bridgehead atoms. The highest BCUT2D eigenvalue weighted by atomic mass is 19.1. The first-order valence-electron chi connectivity index (χ1n) is 8.41. The number of halogens is 1. The standard InChI is InChI=1S/C22H16FN3O2/c23-20-8-4-5-9-21(20)25-15-16(14-24)22(27)26-17-10-12-19(13-11-17)28-18-6-2-1-3-7-18/h1-13,15,25H,(H,26,27)/b16-15-. The lowest BCUT2D eigenvalue weighted by molar-refractivity contribution is -0.112. The minimum atomic E-state index is -0.608. The van der Waals surface area contributed by atoms with Gasteiger partial charge in [-0.15, -0.1) is 0 Å². The number of hydrogen-bond donors (Lipinski definition) is 2. The van der Waals surface area contributed by atoms with Gasteiger partial charge in [0.25, 0.3) is 5.91 Å². The Morgan fingerprint density at radius 3 is 2.25 bits per heavy atom. The van der Waals surface area contributed by atoms with Crippen molar-refractivity contribution in [1.29, 1.82) is 5.26 Å². The summed E-state index contributed by atoms with van der Waals surface area (Å²) in [5.41, 5.74) is 0.482. The fraction of sp³-hybridized carbons (Fsp3) is 0. The van der Waals surface area contributed by atoms with Crippen LogP contribution >= 0.6 is 0 Å². The molecule has 0 aliphatic heterocycles. The highest BCUT2D eigenvalue weighted by molar-refractivity contribution is 6.06. The van der Waals surface area contributed by atoms with E-state index in [-0.39, 0.29) is 11.3 Å². The van der Waals surface area contributed by atoms with Gasteiger partial charge in [0.1, 0.15) is 29.0 Å². The summed E-state index contributed by atoms with van der Waals surface area (Å²) in [4.78, 5) is 12.3. The molecule has 2 N–H and O–H groups in total. The summed E-state index contributed by atoms with van der Waals surface area (Å²) >= 11 is 0. The molecule has 0 radical (unpaired) electrons. The van der Waals surface area contributed by atoms with Gasteiger partial charge < -0.3 is 15.4 Å². The van der Waals surface area contributed by atoms with Crippen molar-refractivity contribution in [3.05, 3.63) is 96.5 Å². The zero-order valence-corrected chi connectivity index (χ0v) is 14.7. The summed E-state index contributed by atoms with van der Waals surface area (Å²) in [6, 6.07) is 23.8. The van der Waals surface area contributed by atoms with Crippen molar-refractivity contribution in [3.63, 3.8) is 0 Å². The fourth-order valence-corrected chi connectivity index (χ4v) is 2.31. The molecule has 3 aromatic rings. The van der Waals surface area contributed by atoms with E-state index in [2.05, 4.69) is 10.6 Å². The van der Waals surface area contributed by atoms with Crippen LogP contribution in [0.5, 0.6) is 11.5 Å². The second-order valence-electron chi connectivity index (χ2n) is 5.69. The molecule has 1 amide bonds. The topological polar surface area (TPSA) is 74.2 Å². The second kappa shape index (κ2) is 9.01. The van der Waals surface area contributed by atoms with Gasteiger partial charge in [-0.05, 0) is 48.5 Å². The second-order valence-corrected chi connectivity index (χ2v) is 5.69. The van der Waals surface area contributed by atoms with Gasteiger partial charge in [0, 0.05) is 11.9 Å². The van der Waals surface area contributed by atoms with Crippen molar-refractivity contribution in [1.82, 2.24) is 0 Å². The molecule has 138 valence electrons. The van der Waals surface area contributed by atoms with Crippen LogP contribution in [-0.4, -0.2) is 5.91 Å². The molecular formula is C22H16FN3O2. The molecule has 6 heteroatoms. The smallest absolute Gasteiger partial charge is 0.267 e. The summed E-state index contributed by atoms with van der Waals surface area (Å²) < 4.78 is 19.3. The van der Waals surface area contributed by atoms with Gasteiger partial charge in [-0.3, -0.25) is 4.79 Å². The van der Waals surface area contributed by atoms with E-state index >= 15 is 0 Å².